The molecule has 0 spiro atoms. The largest absolute Gasteiger partial charge is 1.00 e. The summed E-state index contributed by atoms with van der Waals surface area (Å²) in [6.45, 7) is -1.83. The molecule has 0 aliphatic rings. The van der Waals surface area contributed by atoms with E-state index in [-0.39, 0.29) is 63.7 Å². The number of hydrogen-bond acceptors (Lipinski definition) is 1. The van der Waals surface area contributed by atoms with Crippen LogP contribution in [0.25, 0.3) is 0 Å². The zero-order valence-corrected chi connectivity index (χ0v) is 11.8. The Bertz CT molecular complexity index is 367. The molecule has 0 aliphatic heterocycles. The first-order valence-electron chi connectivity index (χ1n) is 4.18. The van der Waals surface area contributed by atoms with Gasteiger partial charge >= 0.3 is 58.4 Å². The zero-order valence-electron chi connectivity index (χ0n) is 8.72. The van der Waals surface area contributed by atoms with Gasteiger partial charge in [0.2, 0.25) is 0 Å². The van der Waals surface area contributed by atoms with Gasteiger partial charge in [0.1, 0.15) is 12.4 Å². The van der Waals surface area contributed by atoms with Crippen LogP contribution in [0.2, 0.25) is 0 Å². The smallest absolute Gasteiger partial charge is 0.489 e. The van der Waals surface area contributed by atoms with Crippen LogP contribution in [0.5, 0.6) is 5.75 Å². The summed E-state index contributed by atoms with van der Waals surface area (Å²) < 4.78 is 54.4. The molecule has 1 nitrogen and oxygen atoms in total. The van der Waals surface area contributed by atoms with E-state index >= 15 is 0 Å². The van der Waals surface area contributed by atoms with E-state index in [4.69, 9.17) is 4.74 Å². The van der Waals surface area contributed by atoms with Crippen molar-refractivity contribution in [1.29, 1.82) is 0 Å². The quantitative estimate of drug-likeness (QED) is 0.400. The van der Waals surface area contributed by atoms with Crippen molar-refractivity contribution in [2.75, 3.05) is 6.61 Å². The van der Waals surface area contributed by atoms with Crippen molar-refractivity contribution < 1.29 is 73.5 Å². The van der Waals surface area contributed by atoms with Gasteiger partial charge in [0, 0.05) is 6.07 Å². The van der Waals surface area contributed by atoms with Gasteiger partial charge in [0.05, 0.1) is 5.82 Å². The minimum absolute atomic E-state index is 0. The molecule has 0 N–H and O–H groups in total. The van der Waals surface area contributed by atoms with Crippen LogP contribution < -0.4 is 61.6 Å². The number of hydrogen-bond donors (Lipinski definition) is 0. The molecule has 0 bridgehead atoms. The van der Waals surface area contributed by atoms with E-state index in [0.29, 0.717) is 12.1 Å². The fourth-order valence-electron chi connectivity index (χ4n) is 1.02. The van der Waals surface area contributed by atoms with Crippen molar-refractivity contribution in [3.05, 3.63) is 36.7 Å². The third-order valence-electron chi connectivity index (χ3n) is 1.69. The second-order valence-corrected chi connectivity index (χ2v) is 2.86. The molecular weight excluding hydrogens is 250 g/mol. The molecule has 16 heavy (non-hydrogen) atoms. The standard InChI is InChI=1S/C9H8BF4O.K/c1-2-5-15-7-3-4-8(9(11)6-7)10(12,13)14;/h2-4,6H,1,5H2;/q-1;+1. The van der Waals surface area contributed by atoms with E-state index in [1.165, 1.54) is 6.08 Å². The minimum atomic E-state index is -5.31. The summed E-state index contributed by atoms with van der Waals surface area (Å²) in [4.78, 5) is 0. The van der Waals surface area contributed by atoms with Gasteiger partial charge in [-0.05, 0) is 6.07 Å². The average molecular weight is 258 g/mol. The molecule has 0 unspecified atom stereocenters. The van der Waals surface area contributed by atoms with Crippen LogP contribution in [-0.2, 0) is 0 Å². The van der Waals surface area contributed by atoms with Crippen molar-refractivity contribution >= 4 is 12.4 Å². The van der Waals surface area contributed by atoms with Crippen molar-refractivity contribution in [2.45, 2.75) is 0 Å². The summed E-state index contributed by atoms with van der Waals surface area (Å²) in [5, 5.41) is 0. The van der Waals surface area contributed by atoms with Crippen molar-refractivity contribution in [3.8, 4) is 5.75 Å². The van der Waals surface area contributed by atoms with Gasteiger partial charge in [0.15, 0.2) is 0 Å². The maximum absolute atomic E-state index is 13.0. The first kappa shape index (κ1) is 16.2. The Labute approximate surface area is 133 Å². The average Bonchev–Trinajstić information content (AvgIpc) is 2.12. The Morgan fingerprint density at radius 2 is 1.94 bits per heavy atom. The van der Waals surface area contributed by atoms with Crippen LogP contribution in [0.3, 0.4) is 0 Å². The number of rotatable bonds is 4. The normalized spacial score (nSPS) is 10.5. The second kappa shape index (κ2) is 6.81. The first-order chi connectivity index (χ1) is 6.95. The molecule has 1 aromatic carbocycles. The maximum atomic E-state index is 13.0. The van der Waals surface area contributed by atoms with Crippen LogP contribution in [0.15, 0.2) is 30.9 Å². The molecule has 0 atom stereocenters. The van der Waals surface area contributed by atoms with Crippen molar-refractivity contribution in [1.82, 2.24) is 0 Å². The second-order valence-electron chi connectivity index (χ2n) is 2.86. The Morgan fingerprint density at radius 3 is 2.38 bits per heavy atom. The predicted octanol–water partition coefficient (Wildman–Crippen LogP) is -0.551. The zero-order chi connectivity index (χ0) is 11.5. The Morgan fingerprint density at radius 1 is 1.31 bits per heavy atom. The van der Waals surface area contributed by atoms with Crippen LogP contribution in [0.1, 0.15) is 0 Å². The summed E-state index contributed by atoms with van der Waals surface area (Å²) in [6.07, 6.45) is 1.42. The van der Waals surface area contributed by atoms with E-state index in [9.17, 15) is 17.3 Å². The predicted molar refractivity (Wildman–Crippen MR) is 50.8 cm³/mol. The van der Waals surface area contributed by atoms with Crippen molar-refractivity contribution in [2.24, 2.45) is 0 Å². The number of halogens is 4. The van der Waals surface area contributed by atoms with E-state index < -0.39 is 18.3 Å². The molecule has 0 heterocycles. The first-order valence-corrected chi connectivity index (χ1v) is 4.18. The van der Waals surface area contributed by atoms with Crippen LogP contribution in [0.4, 0.5) is 17.3 Å². The molecular formula is C9H8BF4KO. The molecule has 0 aliphatic carbocycles. The summed E-state index contributed by atoms with van der Waals surface area (Å²) in [5.41, 5.74) is -1.24. The van der Waals surface area contributed by atoms with Gasteiger partial charge in [-0.25, -0.2) is 4.39 Å². The monoisotopic (exact) mass is 258 g/mol. The molecule has 0 saturated carbocycles. The SMILES string of the molecule is C=CCOc1ccc([B-](F)(F)F)c(F)c1.[K+]. The van der Waals surface area contributed by atoms with Gasteiger partial charge in [-0.2, -0.15) is 0 Å². The molecule has 1 rings (SSSR count). The van der Waals surface area contributed by atoms with E-state index in [0.717, 1.165) is 6.07 Å². The van der Waals surface area contributed by atoms with Gasteiger partial charge in [-0.3, -0.25) is 0 Å². The van der Waals surface area contributed by atoms with Crippen LogP contribution in [-0.4, -0.2) is 13.6 Å². The molecule has 0 fully saturated rings. The Kier molecular flexibility index (Phi) is 6.88. The third-order valence-corrected chi connectivity index (χ3v) is 1.69. The molecule has 82 valence electrons. The molecule has 1 aromatic rings. The fourth-order valence-corrected chi connectivity index (χ4v) is 1.02. The van der Waals surface area contributed by atoms with Crippen LogP contribution in [0, 0.1) is 5.82 Å². The fraction of sp³-hybridized carbons (Fsp3) is 0.111. The van der Waals surface area contributed by atoms with Gasteiger partial charge in [-0.15, -0.1) is 0 Å². The minimum Gasteiger partial charge on any atom is -0.489 e. The number of ether oxygens (including phenoxy) is 1. The molecule has 0 amide bonds. The van der Waals surface area contributed by atoms with E-state index in [1.807, 2.05) is 0 Å². The molecule has 0 saturated heterocycles. The van der Waals surface area contributed by atoms with Crippen molar-refractivity contribution in [3.63, 3.8) is 0 Å². The van der Waals surface area contributed by atoms with Gasteiger partial charge in [-0.1, -0.05) is 24.2 Å². The summed E-state index contributed by atoms with van der Waals surface area (Å²) in [6, 6.07) is 2.47. The Balaban J connectivity index is 0.00000225. The topological polar surface area (TPSA) is 9.23 Å². The molecule has 7 heteroatoms. The van der Waals surface area contributed by atoms with Gasteiger partial charge in [0.25, 0.3) is 0 Å². The third kappa shape index (κ3) is 4.59. The maximum Gasteiger partial charge on any atom is 1.00 e. The van der Waals surface area contributed by atoms with E-state index in [1.54, 1.807) is 0 Å². The summed E-state index contributed by atoms with van der Waals surface area (Å²) in [7, 11) is 0. The summed E-state index contributed by atoms with van der Waals surface area (Å²) >= 11 is 0. The van der Waals surface area contributed by atoms with Crippen LogP contribution >= 0.6 is 0 Å². The number of benzene rings is 1. The molecule has 0 aromatic heterocycles. The summed E-state index contributed by atoms with van der Waals surface area (Å²) in [5.74, 6) is -1.26. The van der Waals surface area contributed by atoms with Gasteiger partial charge < -0.3 is 17.7 Å². The van der Waals surface area contributed by atoms with E-state index in [2.05, 4.69) is 6.58 Å². The molecule has 0 radical (unpaired) electrons. The Hall–Kier alpha value is 0.181.